The van der Waals surface area contributed by atoms with E-state index < -0.39 is 0 Å². The summed E-state index contributed by atoms with van der Waals surface area (Å²) in [7, 11) is 0. The Morgan fingerprint density at radius 1 is 0.793 bits per heavy atom. The zero-order valence-electron chi connectivity index (χ0n) is 15.8. The van der Waals surface area contributed by atoms with Gasteiger partial charge in [-0.25, -0.2) is 4.98 Å². The zero-order valence-corrected chi connectivity index (χ0v) is 15.8. The first-order valence-corrected chi connectivity index (χ1v) is 9.09. The third-order valence-corrected chi connectivity index (χ3v) is 4.54. The van der Waals surface area contributed by atoms with Gasteiger partial charge in [0.1, 0.15) is 17.3 Å². The molecule has 1 aromatic heterocycles. The smallest absolute Gasteiger partial charge is 0.222 e. The summed E-state index contributed by atoms with van der Waals surface area (Å²) < 4.78 is 0. The average molecular weight is 384 g/mol. The minimum absolute atomic E-state index is 0.0897. The van der Waals surface area contributed by atoms with Crippen LogP contribution in [0.25, 0.3) is 22.4 Å². The van der Waals surface area contributed by atoms with Crippen molar-refractivity contribution in [1.29, 1.82) is 0 Å². The van der Waals surface area contributed by atoms with Crippen LogP contribution in [0, 0.1) is 6.92 Å². The van der Waals surface area contributed by atoms with Crippen molar-refractivity contribution in [3.63, 3.8) is 0 Å². The third-order valence-electron chi connectivity index (χ3n) is 4.54. The van der Waals surface area contributed by atoms with Crippen molar-refractivity contribution in [3.05, 3.63) is 78.4 Å². The lowest BCUT2D eigenvalue weighted by Gasteiger charge is -2.11. The van der Waals surface area contributed by atoms with Crippen molar-refractivity contribution in [2.75, 3.05) is 11.1 Å². The number of benzene rings is 3. The Bertz CT molecular complexity index is 1160. The number of aryl methyl sites for hydroxylation is 1. The van der Waals surface area contributed by atoms with E-state index in [1.54, 1.807) is 30.3 Å². The maximum atomic E-state index is 10.4. The third kappa shape index (κ3) is 4.11. The summed E-state index contributed by atoms with van der Waals surface area (Å²) in [5.41, 5.74) is 10.8. The van der Waals surface area contributed by atoms with Crippen LogP contribution in [-0.2, 0) is 0 Å². The first-order chi connectivity index (χ1) is 14.0. The van der Waals surface area contributed by atoms with Crippen molar-refractivity contribution in [1.82, 2.24) is 9.97 Å². The van der Waals surface area contributed by atoms with Gasteiger partial charge in [-0.15, -0.1) is 0 Å². The van der Waals surface area contributed by atoms with Crippen molar-refractivity contribution in [2.45, 2.75) is 6.92 Å². The SMILES string of the molecule is Cc1ccc(Nc2cc(-c3cc(-c4ccc(O)cc4)ccc3O)nc(N)n2)cc1. The maximum Gasteiger partial charge on any atom is 0.222 e. The molecule has 6 nitrogen and oxygen atoms in total. The molecule has 0 bridgehead atoms. The Morgan fingerprint density at radius 2 is 1.48 bits per heavy atom. The lowest BCUT2D eigenvalue weighted by molar-refractivity contribution is 0.475. The largest absolute Gasteiger partial charge is 0.508 e. The molecule has 0 aliphatic carbocycles. The number of anilines is 3. The number of phenols is 2. The molecule has 0 saturated heterocycles. The molecule has 0 unspecified atom stereocenters. The highest BCUT2D eigenvalue weighted by molar-refractivity contribution is 5.77. The van der Waals surface area contributed by atoms with Crippen LogP contribution in [0.15, 0.2) is 72.8 Å². The molecule has 0 saturated carbocycles. The van der Waals surface area contributed by atoms with Crippen molar-refractivity contribution < 1.29 is 10.2 Å². The molecule has 0 aliphatic rings. The number of hydrogen-bond donors (Lipinski definition) is 4. The second-order valence-corrected chi connectivity index (χ2v) is 6.77. The summed E-state index contributed by atoms with van der Waals surface area (Å²) in [4.78, 5) is 8.54. The summed E-state index contributed by atoms with van der Waals surface area (Å²) in [6.07, 6.45) is 0. The number of nitrogen functional groups attached to an aromatic ring is 1. The van der Waals surface area contributed by atoms with Gasteiger partial charge in [0.25, 0.3) is 0 Å². The molecule has 1 heterocycles. The van der Waals surface area contributed by atoms with E-state index in [9.17, 15) is 10.2 Å². The number of nitrogens with two attached hydrogens (primary N) is 1. The van der Waals surface area contributed by atoms with Crippen LogP contribution in [0.4, 0.5) is 17.5 Å². The molecule has 4 aromatic rings. The molecule has 4 rings (SSSR count). The van der Waals surface area contributed by atoms with Gasteiger partial charge in [0.2, 0.25) is 5.95 Å². The Morgan fingerprint density at radius 3 is 2.21 bits per heavy atom. The van der Waals surface area contributed by atoms with E-state index in [2.05, 4.69) is 15.3 Å². The fourth-order valence-corrected chi connectivity index (χ4v) is 3.03. The van der Waals surface area contributed by atoms with Crippen LogP contribution in [0.5, 0.6) is 11.5 Å². The highest BCUT2D eigenvalue weighted by Crippen LogP contribution is 2.34. The molecule has 3 aromatic carbocycles. The van der Waals surface area contributed by atoms with E-state index in [1.807, 2.05) is 49.4 Å². The van der Waals surface area contributed by atoms with Gasteiger partial charge >= 0.3 is 0 Å². The number of rotatable bonds is 4. The standard InChI is InChI=1S/C23H20N4O2/c1-14-2-7-17(8-3-14)25-22-13-20(26-23(24)27-22)19-12-16(6-11-21(19)29)15-4-9-18(28)10-5-15/h2-13,28-29H,1H3,(H3,24,25,26,27). The quantitative estimate of drug-likeness (QED) is 0.401. The monoisotopic (exact) mass is 384 g/mol. The highest BCUT2D eigenvalue weighted by Gasteiger charge is 2.12. The minimum atomic E-state index is 0.0897. The normalized spacial score (nSPS) is 10.7. The van der Waals surface area contributed by atoms with Crippen LogP contribution < -0.4 is 11.1 Å². The highest BCUT2D eigenvalue weighted by atomic mass is 16.3. The summed E-state index contributed by atoms with van der Waals surface area (Å²) in [6.45, 7) is 2.02. The van der Waals surface area contributed by atoms with Gasteiger partial charge in [-0.1, -0.05) is 35.9 Å². The van der Waals surface area contributed by atoms with E-state index in [4.69, 9.17) is 5.73 Å². The van der Waals surface area contributed by atoms with Gasteiger partial charge in [-0.2, -0.15) is 4.98 Å². The number of nitrogens with zero attached hydrogens (tertiary/aromatic N) is 2. The average Bonchev–Trinajstić information content (AvgIpc) is 2.70. The first-order valence-electron chi connectivity index (χ1n) is 9.09. The Labute approximate surface area is 168 Å². The summed E-state index contributed by atoms with van der Waals surface area (Å²) in [5, 5.41) is 23.1. The van der Waals surface area contributed by atoms with Gasteiger partial charge in [0.15, 0.2) is 0 Å². The Balaban J connectivity index is 1.72. The van der Waals surface area contributed by atoms with E-state index in [-0.39, 0.29) is 17.4 Å². The zero-order chi connectivity index (χ0) is 20.4. The van der Waals surface area contributed by atoms with E-state index >= 15 is 0 Å². The van der Waals surface area contributed by atoms with Crippen LogP contribution in [0.2, 0.25) is 0 Å². The van der Waals surface area contributed by atoms with Gasteiger partial charge in [-0.05, 0) is 54.4 Å². The molecular weight excluding hydrogens is 364 g/mol. The number of phenolic OH excluding ortho intramolecular Hbond substituents is 2. The van der Waals surface area contributed by atoms with E-state index in [0.29, 0.717) is 17.1 Å². The number of aromatic nitrogens is 2. The first kappa shape index (κ1) is 18.3. The Hall–Kier alpha value is -4.06. The molecule has 144 valence electrons. The number of nitrogens with one attached hydrogen (secondary N) is 1. The molecule has 5 N–H and O–H groups in total. The molecule has 0 spiro atoms. The van der Waals surface area contributed by atoms with Crippen LogP contribution in [-0.4, -0.2) is 20.2 Å². The minimum Gasteiger partial charge on any atom is -0.508 e. The second kappa shape index (κ2) is 7.52. The van der Waals surface area contributed by atoms with Gasteiger partial charge < -0.3 is 21.3 Å². The van der Waals surface area contributed by atoms with Crippen LogP contribution >= 0.6 is 0 Å². The Kier molecular flexibility index (Phi) is 4.75. The van der Waals surface area contributed by atoms with Crippen LogP contribution in [0.3, 0.4) is 0 Å². The molecule has 0 fully saturated rings. The fraction of sp³-hybridized carbons (Fsp3) is 0.0435. The maximum absolute atomic E-state index is 10.4. The number of hydrogen-bond acceptors (Lipinski definition) is 6. The van der Waals surface area contributed by atoms with E-state index in [1.165, 1.54) is 0 Å². The number of aromatic hydroxyl groups is 2. The van der Waals surface area contributed by atoms with Crippen molar-refractivity contribution >= 4 is 17.5 Å². The van der Waals surface area contributed by atoms with Gasteiger partial charge in [0.05, 0.1) is 5.69 Å². The van der Waals surface area contributed by atoms with E-state index in [0.717, 1.165) is 22.4 Å². The van der Waals surface area contributed by atoms with Crippen LogP contribution in [0.1, 0.15) is 5.56 Å². The molecule has 29 heavy (non-hydrogen) atoms. The lowest BCUT2D eigenvalue weighted by Crippen LogP contribution is -2.01. The topological polar surface area (TPSA) is 104 Å². The molecule has 0 amide bonds. The molecule has 0 atom stereocenters. The fourth-order valence-electron chi connectivity index (χ4n) is 3.03. The summed E-state index contributed by atoms with van der Waals surface area (Å²) in [6, 6.07) is 21.8. The molecular formula is C23H20N4O2. The summed E-state index contributed by atoms with van der Waals surface area (Å²) >= 11 is 0. The van der Waals surface area contributed by atoms with Gasteiger partial charge in [-0.3, -0.25) is 0 Å². The summed E-state index contributed by atoms with van der Waals surface area (Å²) in [5.74, 6) is 0.924. The molecule has 6 heteroatoms. The second-order valence-electron chi connectivity index (χ2n) is 6.77. The van der Waals surface area contributed by atoms with Gasteiger partial charge in [0, 0.05) is 17.3 Å². The van der Waals surface area contributed by atoms with Crippen molar-refractivity contribution in [2.24, 2.45) is 0 Å². The van der Waals surface area contributed by atoms with Crippen molar-refractivity contribution in [3.8, 4) is 33.9 Å². The lowest BCUT2D eigenvalue weighted by atomic mass is 10.0. The molecule has 0 aliphatic heterocycles. The molecule has 0 radical (unpaired) electrons. The predicted octanol–water partition coefficient (Wildman–Crippen LogP) is 4.86. The predicted molar refractivity (Wildman–Crippen MR) is 115 cm³/mol.